The maximum absolute atomic E-state index is 3.70. The Labute approximate surface area is 57.7 Å². The Balaban J connectivity index is 3.08. The molecule has 1 rings (SSSR count). The van der Waals surface area contributed by atoms with Gasteiger partial charge in [-0.3, -0.25) is 0 Å². The minimum Gasteiger partial charge on any atom is -0.0608 e. The summed E-state index contributed by atoms with van der Waals surface area (Å²) < 4.78 is 0.963. The van der Waals surface area contributed by atoms with Gasteiger partial charge in [-0.2, -0.15) is 0 Å². The monoisotopic (exact) mass is 168 g/mol. The Morgan fingerprint density at radius 2 is 2.25 bits per heavy atom. The second-order valence-corrected chi connectivity index (χ2v) is 2.38. The molecule has 0 bridgehead atoms. The van der Waals surface area contributed by atoms with E-state index < -0.39 is 0 Å². The van der Waals surface area contributed by atoms with Gasteiger partial charge in [-0.05, 0) is 18.6 Å². The van der Waals surface area contributed by atoms with Crippen LogP contribution >= 0.6 is 15.9 Å². The minimum atomic E-state index is 0.916. The summed E-state index contributed by atoms with van der Waals surface area (Å²) in [6, 6.07) is 8.74. The van der Waals surface area contributed by atoms with E-state index in [9.17, 15) is 0 Å². The van der Waals surface area contributed by atoms with Crippen molar-refractivity contribution in [3.05, 3.63) is 41.2 Å². The summed E-state index contributed by atoms with van der Waals surface area (Å²) in [6.07, 6.45) is 0. The first-order chi connectivity index (χ1) is 3.79. The van der Waals surface area contributed by atoms with Gasteiger partial charge in [0.2, 0.25) is 0 Å². The van der Waals surface area contributed by atoms with Gasteiger partial charge < -0.3 is 0 Å². The molecule has 1 heteroatoms. The number of rotatable bonds is 0. The second kappa shape index (κ2) is 2.31. The van der Waals surface area contributed by atoms with Gasteiger partial charge in [-0.1, -0.05) is 28.1 Å². The lowest BCUT2D eigenvalue weighted by molar-refractivity contribution is 1.56. The summed E-state index contributed by atoms with van der Waals surface area (Å²) in [5, 5.41) is 0. The standard InChI is InChI=1S/C7H5Br/c1-6-3-2-4-7(8)5-6/h2-4H,1H2. The highest BCUT2D eigenvalue weighted by molar-refractivity contribution is 9.10. The molecule has 0 aromatic heterocycles. The fourth-order valence-electron chi connectivity index (χ4n) is 0.485. The van der Waals surface area contributed by atoms with Gasteiger partial charge >= 0.3 is 0 Å². The van der Waals surface area contributed by atoms with E-state index in [0.717, 1.165) is 10.0 Å². The van der Waals surface area contributed by atoms with E-state index >= 15 is 0 Å². The first-order valence-corrected chi connectivity index (χ1v) is 3.08. The highest BCUT2D eigenvalue weighted by Crippen LogP contribution is 2.08. The van der Waals surface area contributed by atoms with Crippen molar-refractivity contribution in [1.29, 1.82) is 0 Å². The second-order valence-electron chi connectivity index (χ2n) is 1.52. The Kier molecular flexibility index (Phi) is 1.69. The Morgan fingerprint density at radius 3 is 2.62 bits per heavy atom. The van der Waals surface area contributed by atoms with Crippen molar-refractivity contribution in [2.75, 3.05) is 0 Å². The lowest BCUT2D eigenvalue weighted by atomic mass is 10.2. The van der Waals surface area contributed by atoms with Crippen molar-refractivity contribution in [1.82, 2.24) is 0 Å². The van der Waals surface area contributed by atoms with Crippen LogP contribution in [0.3, 0.4) is 0 Å². The number of hydrogen-bond acceptors (Lipinski definition) is 0. The lowest BCUT2D eigenvalue weighted by Crippen LogP contribution is -1.68. The maximum Gasteiger partial charge on any atom is 0.0257 e. The Hall–Kier alpha value is -0.300. The summed E-state index contributed by atoms with van der Waals surface area (Å²) in [4.78, 5) is 0. The third-order valence-electron chi connectivity index (χ3n) is 0.820. The molecule has 1 aromatic carbocycles. The third kappa shape index (κ3) is 1.34. The quantitative estimate of drug-likeness (QED) is 0.559. The average Bonchev–Trinajstić information content (AvgIpc) is 1.64. The average molecular weight is 169 g/mol. The summed E-state index contributed by atoms with van der Waals surface area (Å²) in [5.74, 6) is 0. The predicted octanol–water partition coefficient (Wildman–Crippen LogP) is 2.43. The molecule has 0 unspecified atom stereocenters. The van der Waals surface area contributed by atoms with Gasteiger partial charge in [0.1, 0.15) is 0 Å². The van der Waals surface area contributed by atoms with Crippen LogP contribution in [0.15, 0.2) is 22.7 Å². The van der Waals surface area contributed by atoms with E-state index in [0.29, 0.717) is 0 Å². The van der Waals surface area contributed by atoms with Crippen LogP contribution in [0.25, 0.3) is 0 Å². The number of hydrogen-bond donors (Lipinski definition) is 0. The fraction of sp³-hybridized carbons (Fsp3) is 0. The maximum atomic E-state index is 3.70. The van der Waals surface area contributed by atoms with Crippen LogP contribution in [0.4, 0.5) is 0 Å². The van der Waals surface area contributed by atoms with E-state index in [2.05, 4.69) is 28.9 Å². The van der Waals surface area contributed by atoms with Crippen molar-refractivity contribution in [2.24, 2.45) is 0 Å². The van der Waals surface area contributed by atoms with Crippen LogP contribution in [0.5, 0.6) is 0 Å². The van der Waals surface area contributed by atoms with Crippen LogP contribution in [-0.4, -0.2) is 0 Å². The molecule has 0 saturated carbocycles. The van der Waals surface area contributed by atoms with Crippen molar-refractivity contribution in [3.63, 3.8) is 0 Å². The molecular weight excluding hydrogens is 164 g/mol. The molecule has 1 aromatic rings. The topological polar surface area (TPSA) is 0 Å². The van der Waals surface area contributed by atoms with Crippen LogP contribution in [-0.2, 0) is 0 Å². The van der Waals surface area contributed by atoms with Gasteiger partial charge in [0, 0.05) is 10.5 Å². The van der Waals surface area contributed by atoms with Gasteiger partial charge in [-0.15, -0.1) is 0 Å². The molecule has 2 radical (unpaired) electrons. The molecule has 0 spiro atoms. The molecule has 0 fully saturated rings. The SMILES string of the molecule is [CH2]c1[c]c(Br)ccc1. The zero-order valence-corrected chi connectivity index (χ0v) is 5.90. The molecule has 0 heterocycles. The molecule has 0 aliphatic heterocycles. The van der Waals surface area contributed by atoms with Gasteiger partial charge in [0.25, 0.3) is 0 Å². The molecule has 0 nitrogen and oxygen atoms in total. The van der Waals surface area contributed by atoms with Crippen molar-refractivity contribution in [3.8, 4) is 0 Å². The lowest BCUT2D eigenvalue weighted by Gasteiger charge is -1.87. The Bertz CT molecular complexity index is 164. The van der Waals surface area contributed by atoms with Gasteiger partial charge in [0.05, 0.1) is 0 Å². The van der Waals surface area contributed by atoms with Crippen LogP contribution in [0.2, 0.25) is 0 Å². The van der Waals surface area contributed by atoms with Crippen LogP contribution in [0.1, 0.15) is 5.56 Å². The Morgan fingerprint density at radius 1 is 1.50 bits per heavy atom. The highest BCUT2D eigenvalue weighted by Gasteiger charge is 1.83. The summed E-state index contributed by atoms with van der Waals surface area (Å²) in [7, 11) is 0. The molecular formula is C7H5Br. The zero-order chi connectivity index (χ0) is 5.98. The van der Waals surface area contributed by atoms with Crippen LogP contribution in [0, 0.1) is 13.0 Å². The number of benzene rings is 1. The summed E-state index contributed by atoms with van der Waals surface area (Å²) in [5.41, 5.74) is 0.916. The summed E-state index contributed by atoms with van der Waals surface area (Å²) in [6.45, 7) is 3.70. The van der Waals surface area contributed by atoms with Crippen molar-refractivity contribution >= 4 is 15.9 Å². The molecule has 0 aliphatic rings. The molecule has 0 atom stereocenters. The summed E-state index contributed by atoms with van der Waals surface area (Å²) >= 11 is 3.27. The van der Waals surface area contributed by atoms with Crippen LogP contribution < -0.4 is 0 Å². The normalized spacial score (nSPS) is 9.25. The van der Waals surface area contributed by atoms with Crippen molar-refractivity contribution < 1.29 is 0 Å². The molecule has 0 aliphatic carbocycles. The first-order valence-electron chi connectivity index (χ1n) is 2.29. The fourth-order valence-corrected chi connectivity index (χ4v) is 0.893. The minimum absolute atomic E-state index is 0.916. The smallest absolute Gasteiger partial charge is 0.0257 e. The highest BCUT2D eigenvalue weighted by atomic mass is 79.9. The van der Waals surface area contributed by atoms with Gasteiger partial charge in [0.15, 0.2) is 0 Å². The van der Waals surface area contributed by atoms with Crippen molar-refractivity contribution in [2.45, 2.75) is 0 Å². The largest absolute Gasteiger partial charge is 0.0608 e. The zero-order valence-electron chi connectivity index (χ0n) is 4.32. The third-order valence-corrected chi connectivity index (χ3v) is 1.28. The van der Waals surface area contributed by atoms with E-state index in [1.165, 1.54) is 0 Å². The molecule has 40 valence electrons. The first kappa shape index (κ1) is 5.83. The van der Waals surface area contributed by atoms with E-state index in [1.54, 1.807) is 0 Å². The van der Waals surface area contributed by atoms with E-state index in [1.807, 2.05) is 18.2 Å². The number of halogens is 1. The van der Waals surface area contributed by atoms with E-state index in [-0.39, 0.29) is 0 Å². The molecule has 0 amide bonds. The predicted molar refractivity (Wildman–Crippen MR) is 37.4 cm³/mol. The molecule has 8 heavy (non-hydrogen) atoms. The van der Waals surface area contributed by atoms with E-state index in [4.69, 9.17) is 0 Å². The molecule has 0 saturated heterocycles. The van der Waals surface area contributed by atoms with Gasteiger partial charge in [-0.25, -0.2) is 0 Å². The molecule has 0 N–H and O–H groups in total.